The highest BCUT2D eigenvalue weighted by molar-refractivity contribution is 7.47. The predicted molar refractivity (Wildman–Crippen MR) is 280 cm³/mol. The third-order valence-electron chi connectivity index (χ3n) is 13.5. The number of phosphoric acid groups is 1. The molecule has 1 aliphatic carbocycles. The molecule has 14 heteroatoms. The third-order valence-corrected chi connectivity index (χ3v) is 14.5. The van der Waals surface area contributed by atoms with Gasteiger partial charge in [0, 0.05) is 0 Å². The summed E-state index contributed by atoms with van der Waals surface area (Å²) in [5, 5.41) is 74.9. The van der Waals surface area contributed by atoms with E-state index in [-0.39, 0.29) is 6.42 Å². The maximum Gasteiger partial charge on any atom is 0.472 e. The first-order valence-corrected chi connectivity index (χ1v) is 29.5. The van der Waals surface area contributed by atoms with Gasteiger partial charge in [-0.1, -0.05) is 230 Å². The highest BCUT2D eigenvalue weighted by Crippen LogP contribution is 2.47. The van der Waals surface area contributed by atoms with Crippen LogP contribution in [0.2, 0.25) is 0 Å². The smallest absolute Gasteiger partial charge is 0.393 e. The fourth-order valence-electron chi connectivity index (χ4n) is 8.99. The molecule has 0 aliphatic heterocycles. The number of carbonyl (C=O) groups excluding carboxylic acids is 1. The quantitative estimate of drug-likeness (QED) is 0.0158. The molecule has 13 nitrogen and oxygen atoms in total. The van der Waals surface area contributed by atoms with E-state index in [0.29, 0.717) is 12.8 Å². The Bertz CT molecular complexity index is 1320. The zero-order chi connectivity index (χ0) is 50.8. The predicted octanol–water partition coefficient (Wildman–Crippen LogP) is 11.3. The van der Waals surface area contributed by atoms with Crippen molar-refractivity contribution < 1.29 is 59.0 Å². The summed E-state index contributed by atoms with van der Waals surface area (Å²) < 4.78 is 23.0. The van der Waals surface area contributed by atoms with Gasteiger partial charge in [-0.25, -0.2) is 4.57 Å². The van der Waals surface area contributed by atoms with Crippen LogP contribution in [0.3, 0.4) is 0 Å². The lowest BCUT2D eigenvalue weighted by molar-refractivity contribution is -0.220. The Morgan fingerprint density at radius 3 is 1.38 bits per heavy atom. The van der Waals surface area contributed by atoms with Gasteiger partial charge >= 0.3 is 7.82 Å². The molecule has 0 radical (unpaired) electrons. The molecule has 1 aliphatic rings. The van der Waals surface area contributed by atoms with Crippen LogP contribution in [0, 0.1) is 0 Å². The molecule has 69 heavy (non-hydrogen) atoms. The van der Waals surface area contributed by atoms with Gasteiger partial charge < -0.3 is 46.0 Å². The minimum Gasteiger partial charge on any atom is -0.393 e. The van der Waals surface area contributed by atoms with E-state index in [9.17, 15) is 50.0 Å². The monoisotopic (exact) mass is 1000 g/mol. The Kier molecular flexibility index (Phi) is 41.8. The van der Waals surface area contributed by atoms with E-state index < -0.39 is 75.2 Å². The molecule has 8 unspecified atom stereocenters. The summed E-state index contributed by atoms with van der Waals surface area (Å²) in [6.45, 7) is 3.68. The van der Waals surface area contributed by atoms with E-state index in [1.165, 1.54) is 160 Å². The molecule has 8 atom stereocenters. The van der Waals surface area contributed by atoms with Crippen LogP contribution in [0.1, 0.15) is 245 Å². The normalized spacial score (nSPS) is 22.2. The largest absolute Gasteiger partial charge is 0.472 e. The lowest BCUT2D eigenvalue weighted by Gasteiger charge is -2.41. The van der Waals surface area contributed by atoms with Crippen molar-refractivity contribution in [1.82, 2.24) is 5.32 Å². The molecular weight excluding hydrogens is 898 g/mol. The minimum absolute atomic E-state index is 0.245. The van der Waals surface area contributed by atoms with Crippen molar-refractivity contribution in [2.75, 3.05) is 6.61 Å². The first-order chi connectivity index (χ1) is 33.3. The van der Waals surface area contributed by atoms with E-state index >= 15 is 0 Å². The summed E-state index contributed by atoms with van der Waals surface area (Å²) in [6, 6.07) is -1.24. The highest BCUT2D eigenvalue weighted by Gasteiger charge is 2.51. The zero-order valence-corrected chi connectivity index (χ0v) is 44.4. The number of nitrogens with one attached hydrogen (secondary N) is 1. The number of unbranched alkanes of at least 4 members (excludes halogenated alkanes) is 30. The Balaban J connectivity index is 2.43. The van der Waals surface area contributed by atoms with Crippen molar-refractivity contribution in [1.29, 1.82) is 0 Å². The molecule has 406 valence electrons. The van der Waals surface area contributed by atoms with Gasteiger partial charge in [-0.3, -0.25) is 13.8 Å². The van der Waals surface area contributed by atoms with Crippen LogP contribution in [0.4, 0.5) is 0 Å². The Morgan fingerprint density at radius 2 is 0.928 bits per heavy atom. The first kappa shape index (κ1) is 65.5. The van der Waals surface area contributed by atoms with E-state index in [4.69, 9.17) is 9.05 Å². The highest BCUT2D eigenvalue weighted by atomic mass is 31.2. The van der Waals surface area contributed by atoms with E-state index in [1.54, 1.807) is 6.08 Å². The van der Waals surface area contributed by atoms with E-state index in [0.717, 1.165) is 57.8 Å². The summed E-state index contributed by atoms with van der Waals surface area (Å²) in [5.74, 6) is -0.591. The first-order valence-electron chi connectivity index (χ1n) is 28.0. The molecule has 0 saturated heterocycles. The summed E-state index contributed by atoms with van der Waals surface area (Å²) in [4.78, 5) is 23.6. The van der Waals surface area contributed by atoms with Crippen molar-refractivity contribution in [3.63, 3.8) is 0 Å². The van der Waals surface area contributed by atoms with Crippen molar-refractivity contribution >= 4 is 13.7 Å². The number of hydrogen-bond acceptors (Lipinski definition) is 11. The van der Waals surface area contributed by atoms with Crippen molar-refractivity contribution in [2.45, 2.75) is 300 Å². The molecule has 1 saturated carbocycles. The zero-order valence-electron chi connectivity index (χ0n) is 43.5. The van der Waals surface area contributed by atoms with Crippen molar-refractivity contribution in [2.24, 2.45) is 0 Å². The summed E-state index contributed by atoms with van der Waals surface area (Å²) in [7, 11) is -5.15. The molecule has 0 bridgehead atoms. The van der Waals surface area contributed by atoms with Crippen LogP contribution < -0.4 is 5.32 Å². The SMILES string of the molecule is CC/C=C\C/C=C\CCCCCCCCCCCCCCC(O)CC(=O)NC(COP(=O)(O)OC1C(O)C(O)C(O)C(O)C1O)C(O)/C=C/CCCCCCCCCCCCCCCCCCCC. The Labute approximate surface area is 419 Å². The number of aliphatic hydroxyl groups is 7. The van der Waals surface area contributed by atoms with Crippen LogP contribution in [-0.2, 0) is 18.4 Å². The minimum atomic E-state index is -5.15. The summed E-state index contributed by atoms with van der Waals surface area (Å²) in [5.41, 5.74) is 0. The Morgan fingerprint density at radius 1 is 0.536 bits per heavy atom. The molecule has 0 aromatic rings. The number of allylic oxidation sites excluding steroid dienone is 5. The molecule has 9 N–H and O–H groups in total. The molecule has 1 rings (SSSR count). The molecular formula is C55H104NO12P. The molecule has 0 heterocycles. The standard InChI is InChI=1S/C55H104NO12P/c1-3-5-7-9-11-13-15-17-19-21-23-25-27-29-31-33-35-37-39-41-43-48(58)47(45-67-69(65,66)68-55-53(63)51(61)50(60)52(62)54(55)64)56-49(59)44-46(57)42-40-38-36-34-32-30-28-26-24-22-20-18-16-14-12-10-8-6-4-2/h6,8,12,14,41,43,46-48,50-55,57-58,60-64H,3-5,7,9-11,13,15-40,42,44-45H2,1-2H3,(H,56,59)(H,65,66)/b8-6-,14-12-,43-41+. The number of phosphoric ester groups is 1. The number of hydrogen-bond donors (Lipinski definition) is 9. The van der Waals surface area contributed by atoms with Gasteiger partial charge in [0.15, 0.2) is 0 Å². The fourth-order valence-corrected chi connectivity index (χ4v) is 9.95. The maximum absolute atomic E-state index is 13.1. The third kappa shape index (κ3) is 35.3. The second-order valence-corrected chi connectivity index (χ2v) is 21.3. The maximum atomic E-state index is 13.1. The van der Waals surface area contributed by atoms with Crippen molar-refractivity contribution in [3.8, 4) is 0 Å². The van der Waals surface area contributed by atoms with Crippen LogP contribution in [-0.4, -0.2) is 108 Å². The molecule has 0 spiro atoms. The lowest BCUT2D eigenvalue weighted by atomic mass is 9.85. The van der Waals surface area contributed by atoms with Gasteiger partial charge in [0.2, 0.25) is 5.91 Å². The number of rotatable bonds is 47. The topological polar surface area (TPSA) is 226 Å². The lowest BCUT2D eigenvalue weighted by Crippen LogP contribution is -2.64. The van der Waals surface area contributed by atoms with E-state index in [2.05, 4.69) is 43.5 Å². The molecule has 1 fully saturated rings. The van der Waals surface area contributed by atoms with Gasteiger partial charge in [0.05, 0.1) is 31.3 Å². The number of carbonyl (C=O) groups is 1. The van der Waals surface area contributed by atoms with Gasteiger partial charge in [0.1, 0.15) is 36.6 Å². The fraction of sp³-hybridized carbons (Fsp3) is 0.873. The van der Waals surface area contributed by atoms with Crippen LogP contribution in [0.5, 0.6) is 0 Å². The molecule has 1 amide bonds. The van der Waals surface area contributed by atoms with Gasteiger partial charge in [0.25, 0.3) is 0 Å². The number of amides is 1. The second kappa shape index (κ2) is 44.0. The van der Waals surface area contributed by atoms with Crippen LogP contribution in [0.25, 0.3) is 0 Å². The average molecular weight is 1000 g/mol. The van der Waals surface area contributed by atoms with Gasteiger partial charge in [-0.15, -0.1) is 0 Å². The molecule has 0 aromatic carbocycles. The summed E-state index contributed by atoms with van der Waals surface area (Å²) in [6.07, 6.45) is 39.4. The van der Waals surface area contributed by atoms with Gasteiger partial charge in [-0.2, -0.15) is 0 Å². The van der Waals surface area contributed by atoms with Crippen LogP contribution in [0.15, 0.2) is 36.5 Å². The number of aliphatic hydroxyl groups excluding tert-OH is 7. The second-order valence-electron chi connectivity index (χ2n) is 19.9. The van der Waals surface area contributed by atoms with Crippen molar-refractivity contribution in [3.05, 3.63) is 36.5 Å². The molecule has 0 aromatic heterocycles. The van der Waals surface area contributed by atoms with Crippen LogP contribution >= 0.6 is 7.82 Å². The summed E-state index contributed by atoms with van der Waals surface area (Å²) >= 11 is 0. The Hall–Kier alpha value is -1.48. The van der Waals surface area contributed by atoms with Gasteiger partial charge in [-0.05, 0) is 44.9 Å². The van der Waals surface area contributed by atoms with E-state index in [1.807, 2.05) is 0 Å². The average Bonchev–Trinajstić information content (AvgIpc) is 3.32.